The van der Waals surface area contributed by atoms with Crippen LogP contribution in [0.1, 0.15) is 12.0 Å². The number of hydrogen-bond acceptors (Lipinski definition) is 4. The second kappa shape index (κ2) is 9.90. The molecule has 0 radical (unpaired) electrons. The number of morpholine rings is 1. The number of hydrogen-bond donors (Lipinski definition) is 1. The van der Waals surface area contributed by atoms with E-state index < -0.39 is 0 Å². The van der Waals surface area contributed by atoms with Gasteiger partial charge < -0.3 is 14.8 Å². The molecule has 0 aromatic heterocycles. The van der Waals surface area contributed by atoms with E-state index in [-0.39, 0.29) is 11.9 Å². The van der Waals surface area contributed by atoms with Crippen LogP contribution in [0.15, 0.2) is 60.7 Å². The highest BCUT2D eigenvalue weighted by molar-refractivity contribution is 5.91. The van der Waals surface area contributed by atoms with Crippen molar-refractivity contribution in [2.75, 3.05) is 38.7 Å². The quantitative estimate of drug-likeness (QED) is 0.816. The first kappa shape index (κ1) is 19.1. The van der Waals surface area contributed by atoms with Gasteiger partial charge >= 0.3 is 0 Å². The second-order valence-electron chi connectivity index (χ2n) is 6.52. The summed E-state index contributed by atoms with van der Waals surface area (Å²) in [5.74, 6) is 0.762. The first-order valence-electron chi connectivity index (χ1n) is 9.22. The molecule has 0 aliphatic carbocycles. The zero-order chi connectivity index (χ0) is 18.9. The highest BCUT2D eigenvalue weighted by Crippen LogP contribution is 2.17. The van der Waals surface area contributed by atoms with Crippen LogP contribution >= 0.6 is 0 Å². The van der Waals surface area contributed by atoms with Crippen molar-refractivity contribution in [2.24, 2.45) is 0 Å². The van der Waals surface area contributed by atoms with Crippen molar-refractivity contribution < 1.29 is 14.3 Å². The first-order valence-corrected chi connectivity index (χ1v) is 9.22. The van der Waals surface area contributed by atoms with Crippen LogP contribution in [-0.2, 0) is 9.53 Å². The summed E-state index contributed by atoms with van der Waals surface area (Å²) in [4.78, 5) is 14.7. The monoisotopic (exact) mass is 366 g/mol. The van der Waals surface area contributed by atoms with Gasteiger partial charge in [0.15, 0.2) is 0 Å². The molecule has 27 heavy (non-hydrogen) atoms. The van der Waals surface area contributed by atoms with E-state index in [1.165, 1.54) is 5.56 Å². The lowest BCUT2D eigenvalue weighted by atomic mass is 10.1. The van der Waals surface area contributed by atoms with Gasteiger partial charge in [0.05, 0.1) is 20.3 Å². The van der Waals surface area contributed by atoms with Gasteiger partial charge in [-0.2, -0.15) is 0 Å². The molecule has 0 unspecified atom stereocenters. The summed E-state index contributed by atoms with van der Waals surface area (Å²) in [5, 5.41) is 2.95. The Hall–Kier alpha value is -2.63. The van der Waals surface area contributed by atoms with Gasteiger partial charge in [-0.25, -0.2) is 0 Å². The first-order chi connectivity index (χ1) is 13.2. The second-order valence-corrected chi connectivity index (χ2v) is 6.52. The van der Waals surface area contributed by atoms with Crippen LogP contribution < -0.4 is 10.1 Å². The zero-order valence-corrected chi connectivity index (χ0v) is 15.6. The minimum atomic E-state index is -0.00675. The smallest absolute Gasteiger partial charge is 0.226 e. The summed E-state index contributed by atoms with van der Waals surface area (Å²) >= 11 is 0. The van der Waals surface area contributed by atoms with Crippen LogP contribution in [-0.4, -0.2) is 50.3 Å². The molecule has 3 rings (SSSR count). The van der Waals surface area contributed by atoms with Gasteiger partial charge in [0, 0.05) is 31.2 Å². The topological polar surface area (TPSA) is 50.8 Å². The summed E-state index contributed by atoms with van der Waals surface area (Å²) in [6, 6.07) is 17.7. The molecule has 1 fully saturated rings. The maximum absolute atomic E-state index is 12.4. The molecule has 1 atom stereocenters. The third kappa shape index (κ3) is 5.94. The molecule has 142 valence electrons. The molecular formula is C22H26N2O3. The van der Waals surface area contributed by atoms with Crippen molar-refractivity contribution in [3.8, 4) is 5.75 Å². The Labute approximate surface area is 160 Å². The number of anilines is 1. The molecule has 1 N–H and O–H groups in total. The van der Waals surface area contributed by atoms with Gasteiger partial charge in [0.1, 0.15) is 5.75 Å². The molecule has 0 saturated carbocycles. The summed E-state index contributed by atoms with van der Waals surface area (Å²) in [6.07, 6.45) is 4.67. The zero-order valence-electron chi connectivity index (χ0n) is 15.6. The van der Waals surface area contributed by atoms with Crippen molar-refractivity contribution in [3.63, 3.8) is 0 Å². The fraction of sp³-hybridized carbons (Fsp3) is 0.318. The number of rotatable bonds is 7. The van der Waals surface area contributed by atoms with Crippen molar-refractivity contribution in [2.45, 2.75) is 12.5 Å². The van der Waals surface area contributed by atoms with Gasteiger partial charge in [-0.15, -0.1) is 0 Å². The minimum Gasteiger partial charge on any atom is -0.497 e. The Bertz CT molecular complexity index is 744. The van der Waals surface area contributed by atoms with Crippen LogP contribution in [0.2, 0.25) is 0 Å². The van der Waals surface area contributed by atoms with Gasteiger partial charge in [-0.3, -0.25) is 9.69 Å². The van der Waals surface area contributed by atoms with Crippen LogP contribution in [0, 0.1) is 0 Å². The van der Waals surface area contributed by atoms with E-state index in [0.717, 1.165) is 24.5 Å². The van der Waals surface area contributed by atoms with Crippen molar-refractivity contribution >= 4 is 17.7 Å². The fourth-order valence-electron chi connectivity index (χ4n) is 3.11. The highest BCUT2D eigenvalue weighted by Gasteiger charge is 2.24. The van der Waals surface area contributed by atoms with E-state index in [1.807, 2.05) is 42.5 Å². The molecule has 2 aromatic rings. The number of ether oxygens (including phenoxy) is 2. The molecule has 5 nitrogen and oxygen atoms in total. The van der Waals surface area contributed by atoms with Crippen LogP contribution in [0.4, 0.5) is 5.69 Å². The Morgan fingerprint density at radius 2 is 2.00 bits per heavy atom. The summed E-state index contributed by atoms with van der Waals surface area (Å²) in [7, 11) is 1.62. The number of nitrogens with zero attached hydrogens (tertiary/aromatic N) is 1. The van der Waals surface area contributed by atoms with E-state index in [0.29, 0.717) is 19.6 Å². The average molecular weight is 366 g/mol. The SMILES string of the molecule is COc1ccc(NC(=O)C[C@H]2COCCN2C/C=C/c2ccccc2)cc1. The largest absolute Gasteiger partial charge is 0.497 e. The molecule has 0 bridgehead atoms. The Morgan fingerprint density at radius 1 is 1.22 bits per heavy atom. The third-order valence-corrected chi connectivity index (χ3v) is 4.59. The summed E-state index contributed by atoms with van der Waals surface area (Å²) in [6.45, 7) is 2.92. The van der Waals surface area contributed by atoms with Gasteiger partial charge in [-0.05, 0) is 29.8 Å². The average Bonchev–Trinajstić information content (AvgIpc) is 2.70. The number of carbonyl (C=O) groups excluding carboxylic acids is 1. The number of methoxy groups -OCH3 is 1. The Kier molecular flexibility index (Phi) is 7.02. The third-order valence-electron chi connectivity index (χ3n) is 4.59. The van der Waals surface area contributed by atoms with Crippen LogP contribution in [0.5, 0.6) is 5.75 Å². The number of benzene rings is 2. The standard InChI is InChI=1S/C22H26N2O3/c1-26-21-11-9-19(10-12-21)23-22(25)16-20-17-27-15-14-24(20)13-5-8-18-6-3-2-4-7-18/h2-12,20H,13-17H2,1H3,(H,23,25)/b8-5+/t20-/m0/s1. The predicted molar refractivity (Wildman–Crippen MR) is 108 cm³/mol. The number of nitrogens with one attached hydrogen (secondary N) is 1. The Morgan fingerprint density at radius 3 is 2.74 bits per heavy atom. The van der Waals surface area contributed by atoms with E-state index >= 15 is 0 Å². The fourth-order valence-corrected chi connectivity index (χ4v) is 3.11. The lowest BCUT2D eigenvalue weighted by Crippen LogP contribution is -2.47. The molecule has 1 heterocycles. The van der Waals surface area contributed by atoms with Gasteiger partial charge in [0.25, 0.3) is 0 Å². The predicted octanol–water partition coefficient (Wildman–Crippen LogP) is 3.44. The van der Waals surface area contributed by atoms with Crippen molar-refractivity contribution in [3.05, 3.63) is 66.2 Å². The molecule has 0 spiro atoms. The number of carbonyl (C=O) groups is 1. The minimum absolute atomic E-state index is 0.00675. The molecule has 1 amide bonds. The van der Waals surface area contributed by atoms with Crippen molar-refractivity contribution in [1.82, 2.24) is 4.90 Å². The summed E-state index contributed by atoms with van der Waals surface area (Å²) < 4.78 is 10.7. The molecule has 1 aliphatic rings. The van der Waals surface area contributed by atoms with E-state index in [4.69, 9.17) is 9.47 Å². The molecule has 2 aromatic carbocycles. The lowest BCUT2D eigenvalue weighted by molar-refractivity contribution is -0.119. The van der Waals surface area contributed by atoms with E-state index in [9.17, 15) is 4.79 Å². The van der Waals surface area contributed by atoms with Crippen LogP contribution in [0.3, 0.4) is 0 Å². The Balaban J connectivity index is 1.53. The van der Waals surface area contributed by atoms with Gasteiger partial charge in [-0.1, -0.05) is 42.5 Å². The maximum atomic E-state index is 12.4. The molecule has 1 saturated heterocycles. The maximum Gasteiger partial charge on any atom is 0.226 e. The molecular weight excluding hydrogens is 340 g/mol. The van der Waals surface area contributed by atoms with E-state index in [2.05, 4.69) is 34.5 Å². The molecule has 1 aliphatic heterocycles. The number of amides is 1. The van der Waals surface area contributed by atoms with Gasteiger partial charge in [0.2, 0.25) is 5.91 Å². The molecule has 5 heteroatoms. The normalized spacial score (nSPS) is 17.7. The summed E-state index contributed by atoms with van der Waals surface area (Å²) in [5.41, 5.74) is 1.95. The highest BCUT2D eigenvalue weighted by atomic mass is 16.5. The van der Waals surface area contributed by atoms with E-state index in [1.54, 1.807) is 7.11 Å². The van der Waals surface area contributed by atoms with Crippen LogP contribution in [0.25, 0.3) is 6.08 Å². The van der Waals surface area contributed by atoms with Crippen molar-refractivity contribution in [1.29, 1.82) is 0 Å². The lowest BCUT2D eigenvalue weighted by Gasteiger charge is -2.34.